The number of carbonyl (C=O) groups is 2. The van der Waals surface area contributed by atoms with E-state index in [1.807, 2.05) is 0 Å². The van der Waals surface area contributed by atoms with Gasteiger partial charge in [0, 0.05) is 23.2 Å². The molecule has 3 rings (SSSR count). The van der Waals surface area contributed by atoms with Crippen LogP contribution in [-0.2, 0) is 16.0 Å². The summed E-state index contributed by atoms with van der Waals surface area (Å²) in [7, 11) is 0. The zero-order chi connectivity index (χ0) is 16.4. The monoisotopic (exact) mass is 326 g/mol. The highest BCUT2D eigenvalue weighted by molar-refractivity contribution is 8.01. The Morgan fingerprint density at radius 2 is 1.70 bits per heavy atom. The molecule has 1 atom stereocenters. The molecule has 0 unspecified atom stereocenters. The Morgan fingerprint density at radius 1 is 1.04 bits per heavy atom. The first-order valence-corrected chi connectivity index (χ1v) is 8.34. The Balaban J connectivity index is 1.63. The van der Waals surface area contributed by atoms with Gasteiger partial charge in [-0.3, -0.25) is 9.59 Å². The van der Waals surface area contributed by atoms with E-state index in [1.54, 1.807) is 36.0 Å². The van der Waals surface area contributed by atoms with Gasteiger partial charge in [-0.1, -0.05) is 17.7 Å². The SMILES string of the molecule is CC(=O)Nc1ccc(NC(=O)[C@@H]2Cc3ccc(C)cc3S2)cc1. The largest absolute Gasteiger partial charge is 0.326 e. The molecule has 0 spiro atoms. The normalized spacial score (nSPS) is 15.8. The number of aryl methyl sites for hydroxylation is 1. The molecule has 1 heterocycles. The maximum Gasteiger partial charge on any atom is 0.238 e. The number of thioether (sulfide) groups is 1. The number of benzene rings is 2. The summed E-state index contributed by atoms with van der Waals surface area (Å²) in [5, 5.41) is 5.55. The van der Waals surface area contributed by atoms with Crippen LogP contribution >= 0.6 is 11.8 Å². The lowest BCUT2D eigenvalue weighted by molar-refractivity contribution is -0.116. The van der Waals surface area contributed by atoms with Gasteiger partial charge in [-0.25, -0.2) is 0 Å². The van der Waals surface area contributed by atoms with E-state index >= 15 is 0 Å². The number of nitrogens with one attached hydrogen (secondary N) is 2. The molecule has 1 aliphatic heterocycles. The fourth-order valence-electron chi connectivity index (χ4n) is 2.54. The van der Waals surface area contributed by atoms with Crippen molar-refractivity contribution in [3.05, 3.63) is 53.6 Å². The van der Waals surface area contributed by atoms with Crippen LogP contribution in [0, 0.1) is 6.92 Å². The highest BCUT2D eigenvalue weighted by Gasteiger charge is 2.28. The van der Waals surface area contributed by atoms with E-state index in [-0.39, 0.29) is 17.1 Å². The molecule has 1 aliphatic rings. The molecule has 0 fully saturated rings. The number of carbonyl (C=O) groups excluding carboxylic acids is 2. The fourth-order valence-corrected chi connectivity index (χ4v) is 3.84. The van der Waals surface area contributed by atoms with Crippen molar-refractivity contribution in [3.63, 3.8) is 0 Å². The van der Waals surface area contributed by atoms with E-state index in [1.165, 1.54) is 22.9 Å². The lowest BCUT2D eigenvalue weighted by Gasteiger charge is -2.10. The summed E-state index contributed by atoms with van der Waals surface area (Å²) in [6.07, 6.45) is 0.760. The van der Waals surface area contributed by atoms with Crippen molar-refractivity contribution in [2.24, 2.45) is 0 Å². The first-order chi connectivity index (χ1) is 11.0. The van der Waals surface area contributed by atoms with Crippen LogP contribution in [-0.4, -0.2) is 17.1 Å². The predicted molar refractivity (Wildman–Crippen MR) is 93.9 cm³/mol. The summed E-state index contributed by atoms with van der Waals surface area (Å²) in [6.45, 7) is 3.53. The van der Waals surface area contributed by atoms with Crippen LogP contribution in [0.3, 0.4) is 0 Å². The van der Waals surface area contributed by atoms with Crippen LogP contribution < -0.4 is 10.6 Å². The van der Waals surface area contributed by atoms with E-state index in [2.05, 4.69) is 35.8 Å². The Bertz CT molecular complexity index is 756. The van der Waals surface area contributed by atoms with Crippen molar-refractivity contribution in [1.29, 1.82) is 0 Å². The van der Waals surface area contributed by atoms with Crippen LogP contribution in [0.1, 0.15) is 18.1 Å². The second-order valence-electron chi connectivity index (χ2n) is 5.67. The van der Waals surface area contributed by atoms with Gasteiger partial charge in [-0.05, 0) is 49.2 Å². The number of amides is 2. The van der Waals surface area contributed by atoms with Gasteiger partial charge in [-0.2, -0.15) is 0 Å². The Hall–Kier alpha value is -2.27. The molecule has 0 saturated carbocycles. The molecule has 0 saturated heterocycles. The van der Waals surface area contributed by atoms with Crippen LogP contribution in [0.4, 0.5) is 11.4 Å². The minimum atomic E-state index is -0.114. The van der Waals surface area contributed by atoms with E-state index in [4.69, 9.17) is 0 Å². The van der Waals surface area contributed by atoms with Gasteiger partial charge in [-0.15, -0.1) is 11.8 Å². The minimum Gasteiger partial charge on any atom is -0.326 e. The van der Waals surface area contributed by atoms with Gasteiger partial charge in [0.2, 0.25) is 11.8 Å². The van der Waals surface area contributed by atoms with Crippen LogP contribution in [0.5, 0.6) is 0 Å². The number of fused-ring (bicyclic) bond motifs is 1. The van der Waals surface area contributed by atoms with E-state index in [0.717, 1.165) is 12.1 Å². The first-order valence-electron chi connectivity index (χ1n) is 7.46. The highest BCUT2D eigenvalue weighted by atomic mass is 32.2. The summed E-state index contributed by atoms with van der Waals surface area (Å²) < 4.78 is 0. The number of hydrogen-bond donors (Lipinski definition) is 2. The van der Waals surface area contributed by atoms with Gasteiger partial charge in [0.05, 0.1) is 5.25 Å². The maximum atomic E-state index is 12.4. The third-order valence-corrected chi connectivity index (χ3v) is 4.96. The molecule has 0 aliphatic carbocycles. The van der Waals surface area contributed by atoms with Gasteiger partial charge in [0.25, 0.3) is 0 Å². The molecule has 2 aromatic rings. The molecule has 5 heteroatoms. The fraction of sp³-hybridized carbons (Fsp3) is 0.222. The van der Waals surface area contributed by atoms with E-state index in [0.29, 0.717) is 5.69 Å². The highest BCUT2D eigenvalue weighted by Crippen LogP contribution is 2.38. The summed E-state index contributed by atoms with van der Waals surface area (Å²) in [6, 6.07) is 13.5. The Kier molecular flexibility index (Phi) is 4.39. The summed E-state index contributed by atoms with van der Waals surface area (Å²) in [5.74, 6) is -0.103. The van der Waals surface area contributed by atoms with Crippen molar-refractivity contribution in [2.45, 2.75) is 30.4 Å². The first kappa shape index (κ1) is 15.6. The predicted octanol–water partition coefficient (Wildman–Crippen LogP) is 3.61. The number of rotatable bonds is 3. The van der Waals surface area contributed by atoms with Gasteiger partial charge in [0.15, 0.2) is 0 Å². The molecule has 23 heavy (non-hydrogen) atoms. The lowest BCUT2D eigenvalue weighted by atomic mass is 10.1. The van der Waals surface area contributed by atoms with Gasteiger partial charge < -0.3 is 10.6 Å². The summed E-state index contributed by atoms with van der Waals surface area (Å²) >= 11 is 1.62. The molecule has 2 amide bonds. The Morgan fingerprint density at radius 3 is 2.35 bits per heavy atom. The topological polar surface area (TPSA) is 58.2 Å². The lowest BCUT2D eigenvalue weighted by Crippen LogP contribution is -2.24. The average Bonchev–Trinajstić information content (AvgIpc) is 2.92. The van der Waals surface area contributed by atoms with Gasteiger partial charge in [0.1, 0.15) is 0 Å². The zero-order valence-corrected chi connectivity index (χ0v) is 13.9. The zero-order valence-electron chi connectivity index (χ0n) is 13.1. The second kappa shape index (κ2) is 6.46. The minimum absolute atomic E-state index is 0.0103. The number of hydrogen-bond acceptors (Lipinski definition) is 3. The molecule has 0 radical (unpaired) electrons. The van der Waals surface area contributed by atoms with Crippen molar-refractivity contribution < 1.29 is 9.59 Å². The number of anilines is 2. The van der Waals surface area contributed by atoms with Crippen molar-refractivity contribution in [2.75, 3.05) is 10.6 Å². The quantitative estimate of drug-likeness (QED) is 0.906. The van der Waals surface area contributed by atoms with Crippen molar-refractivity contribution in [3.8, 4) is 0 Å². The van der Waals surface area contributed by atoms with Crippen LogP contribution in [0.15, 0.2) is 47.4 Å². The average molecular weight is 326 g/mol. The molecular formula is C18H18N2O2S. The van der Waals surface area contributed by atoms with Gasteiger partial charge >= 0.3 is 0 Å². The van der Waals surface area contributed by atoms with Crippen molar-refractivity contribution in [1.82, 2.24) is 0 Å². The maximum absolute atomic E-state index is 12.4. The molecule has 2 aromatic carbocycles. The second-order valence-corrected chi connectivity index (χ2v) is 6.91. The molecule has 2 N–H and O–H groups in total. The van der Waals surface area contributed by atoms with Crippen LogP contribution in [0.2, 0.25) is 0 Å². The molecule has 4 nitrogen and oxygen atoms in total. The van der Waals surface area contributed by atoms with E-state index < -0.39 is 0 Å². The third kappa shape index (κ3) is 3.74. The molecule has 118 valence electrons. The standard InChI is InChI=1S/C18H18N2O2S/c1-11-3-4-13-10-17(23-16(13)9-11)18(22)20-15-7-5-14(6-8-15)19-12(2)21/h3-9,17H,10H2,1-2H3,(H,19,21)(H,20,22)/t17-/m0/s1. The van der Waals surface area contributed by atoms with Crippen molar-refractivity contribution >= 4 is 35.0 Å². The molecule has 0 bridgehead atoms. The summed E-state index contributed by atoms with van der Waals surface area (Å²) in [4.78, 5) is 24.6. The Labute approximate surface area is 139 Å². The third-order valence-electron chi connectivity index (χ3n) is 3.66. The molecule has 0 aromatic heterocycles. The molecular weight excluding hydrogens is 308 g/mol. The summed E-state index contributed by atoms with van der Waals surface area (Å²) in [5.41, 5.74) is 3.90. The smallest absolute Gasteiger partial charge is 0.238 e. The van der Waals surface area contributed by atoms with E-state index in [9.17, 15) is 9.59 Å². The van der Waals surface area contributed by atoms with Crippen LogP contribution in [0.25, 0.3) is 0 Å².